The van der Waals surface area contributed by atoms with Crippen molar-refractivity contribution in [3.63, 3.8) is 0 Å². The van der Waals surface area contributed by atoms with Gasteiger partial charge in [-0.1, -0.05) is 48.5 Å². The summed E-state index contributed by atoms with van der Waals surface area (Å²) in [5, 5.41) is 20.6. The zero-order valence-electron chi connectivity index (χ0n) is 17.0. The number of methoxy groups -OCH3 is 1. The van der Waals surface area contributed by atoms with Crippen molar-refractivity contribution in [2.24, 2.45) is 0 Å². The topological polar surface area (TPSA) is 84.1 Å². The van der Waals surface area contributed by atoms with Gasteiger partial charge in [-0.25, -0.2) is 4.79 Å². The lowest BCUT2D eigenvalue weighted by molar-refractivity contribution is 0.0697. The van der Waals surface area contributed by atoms with Crippen molar-refractivity contribution < 1.29 is 19.7 Å². The third-order valence-corrected chi connectivity index (χ3v) is 5.30. The van der Waals surface area contributed by atoms with E-state index in [0.29, 0.717) is 22.7 Å². The van der Waals surface area contributed by atoms with Crippen LogP contribution in [0.15, 0.2) is 60.8 Å². The first-order valence-corrected chi connectivity index (χ1v) is 9.54. The van der Waals surface area contributed by atoms with Crippen LogP contribution in [0.5, 0.6) is 5.88 Å². The zero-order valence-corrected chi connectivity index (χ0v) is 17.0. The molecule has 0 fully saturated rings. The summed E-state index contributed by atoms with van der Waals surface area (Å²) in [7, 11) is 1.56. The number of imidazole rings is 1. The van der Waals surface area contributed by atoms with Gasteiger partial charge in [-0.3, -0.25) is 4.40 Å². The Hall–Kier alpha value is -3.64. The van der Waals surface area contributed by atoms with Crippen LogP contribution < -0.4 is 4.74 Å². The maximum atomic E-state index is 11.5. The Morgan fingerprint density at radius 3 is 2.43 bits per heavy atom. The molecule has 2 heterocycles. The second-order valence-electron chi connectivity index (χ2n) is 7.25. The molecule has 2 aromatic heterocycles. The molecule has 6 heteroatoms. The summed E-state index contributed by atoms with van der Waals surface area (Å²) >= 11 is 0. The number of pyridine rings is 1. The summed E-state index contributed by atoms with van der Waals surface area (Å²) in [6, 6.07) is 16.2. The number of hydrogen-bond donors (Lipinski definition) is 2. The summed E-state index contributed by atoms with van der Waals surface area (Å²) in [4.78, 5) is 16.0. The molecule has 4 rings (SSSR count). The number of ether oxygens (including phenoxy) is 1. The number of aromatic nitrogens is 2. The Bertz CT molecular complexity index is 1240. The number of aromatic carboxylic acids is 1. The van der Waals surface area contributed by atoms with Crippen LogP contribution in [0, 0.1) is 13.8 Å². The normalized spacial score (nSPS) is 12.1. The molecule has 0 aliphatic rings. The minimum atomic E-state index is -0.971. The number of carboxylic acids is 1. The number of carbonyl (C=O) groups is 1. The zero-order chi connectivity index (χ0) is 21.4. The van der Waals surface area contributed by atoms with Crippen LogP contribution in [-0.2, 0) is 0 Å². The van der Waals surface area contributed by atoms with Gasteiger partial charge in [0.1, 0.15) is 11.8 Å². The molecule has 6 nitrogen and oxygen atoms in total. The second-order valence-corrected chi connectivity index (χ2v) is 7.25. The molecule has 1 atom stereocenters. The second kappa shape index (κ2) is 7.65. The van der Waals surface area contributed by atoms with Crippen molar-refractivity contribution in [2.75, 3.05) is 7.11 Å². The van der Waals surface area contributed by atoms with Crippen molar-refractivity contribution in [3.8, 4) is 17.0 Å². The molecule has 2 N–H and O–H groups in total. The lowest BCUT2D eigenvalue weighted by Crippen LogP contribution is -2.09. The Labute approximate surface area is 174 Å². The SMILES string of the molecule is COc1cn2c([C@H](O)c3ccc(-c4ccccc4C(=O)O)cc3)c(C)cc(C)c2n1. The Balaban J connectivity index is 1.76. The van der Waals surface area contributed by atoms with E-state index in [1.54, 1.807) is 31.5 Å². The molecule has 4 aromatic rings. The van der Waals surface area contributed by atoms with Crippen molar-refractivity contribution in [1.82, 2.24) is 9.38 Å². The van der Waals surface area contributed by atoms with Crippen molar-refractivity contribution >= 4 is 11.6 Å². The van der Waals surface area contributed by atoms with E-state index in [1.165, 1.54) is 0 Å². The van der Waals surface area contributed by atoms with E-state index in [2.05, 4.69) is 4.98 Å². The standard InChI is InChI=1S/C24H22N2O4/c1-14-12-15(2)23-25-20(30-3)13-26(23)21(14)22(27)17-10-8-16(9-11-17)18-6-4-5-7-19(18)24(28)29/h4-13,22,27H,1-3H3,(H,28,29)/t22-/m1/s1. The highest BCUT2D eigenvalue weighted by Gasteiger charge is 2.20. The van der Waals surface area contributed by atoms with Crippen LogP contribution in [0.2, 0.25) is 0 Å². The molecule has 0 saturated carbocycles. The van der Waals surface area contributed by atoms with Crippen LogP contribution >= 0.6 is 0 Å². The fourth-order valence-electron chi connectivity index (χ4n) is 3.84. The van der Waals surface area contributed by atoms with Crippen LogP contribution in [0.1, 0.15) is 38.8 Å². The fraction of sp³-hybridized carbons (Fsp3) is 0.167. The van der Waals surface area contributed by atoms with Gasteiger partial charge in [0, 0.05) is 0 Å². The molecule has 0 saturated heterocycles. The summed E-state index contributed by atoms with van der Waals surface area (Å²) in [6.45, 7) is 3.93. The monoisotopic (exact) mass is 402 g/mol. The maximum absolute atomic E-state index is 11.5. The van der Waals surface area contributed by atoms with E-state index in [-0.39, 0.29) is 5.56 Å². The highest BCUT2D eigenvalue weighted by molar-refractivity contribution is 5.96. The van der Waals surface area contributed by atoms with Gasteiger partial charge < -0.3 is 14.9 Å². The van der Waals surface area contributed by atoms with Gasteiger partial charge in [0.2, 0.25) is 5.88 Å². The van der Waals surface area contributed by atoms with Crippen LogP contribution in [0.25, 0.3) is 16.8 Å². The number of benzene rings is 2. The van der Waals surface area contributed by atoms with E-state index < -0.39 is 12.1 Å². The molecule has 0 bridgehead atoms. The number of nitrogens with zero attached hydrogens (tertiary/aromatic N) is 2. The lowest BCUT2D eigenvalue weighted by Gasteiger charge is -2.18. The van der Waals surface area contributed by atoms with Gasteiger partial charge in [-0.2, -0.15) is 4.98 Å². The molecule has 30 heavy (non-hydrogen) atoms. The number of fused-ring (bicyclic) bond motifs is 1. The molecule has 0 amide bonds. The molecule has 0 radical (unpaired) electrons. The molecule has 152 valence electrons. The van der Waals surface area contributed by atoms with Crippen molar-refractivity contribution in [1.29, 1.82) is 0 Å². The summed E-state index contributed by atoms with van der Waals surface area (Å²) in [5.41, 5.74) is 5.74. The van der Waals surface area contributed by atoms with E-state index in [9.17, 15) is 15.0 Å². The van der Waals surface area contributed by atoms with Gasteiger partial charge in [0.05, 0.1) is 24.6 Å². The van der Waals surface area contributed by atoms with Crippen molar-refractivity contribution in [3.05, 3.63) is 88.7 Å². The highest BCUT2D eigenvalue weighted by atomic mass is 16.5. The van der Waals surface area contributed by atoms with Crippen molar-refractivity contribution in [2.45, 2.75) is 20.0 Å². The van der Waals surface area contributed by atoms with Crippen LogP contribution in [0.4, 0.5) is 0 Å². The van der Waals surface area contributed by atoms with E-state index in [1.807, 2.05) is 54.6 Å². The Morgan fingerprint density at radius 2 is 1.77 bits per heavy atom. The average molecular weight is 402 g/mol. The number of rotatable bonds is 5. The van der Waals surface area contributed by atoms with Crippen LogP contribution in [0.3, 0.4) is 0 Å². The molecular formula is C24H22N2O4. The third-order valence-electron chi connectivity index (χ3n) is 5.30. The fourth-order valence-corrected chi connectivity index (χ4v) is 3.84. The number of carboxylic acid groups (broad SMARTS) is 1. The van der Waals surface area contributed by atoms with Gasteiger partial charge in [0.15, 0.2) is 0 Å². The predicted molar refractivity (Wildman–Crippen MR) is 114 cm³/mol. The van der Waals surface area contributed by atoms with Gasteiger partial charge >= 0.3 is 5.97 Å². The van der Waals surface area contributed by atoms with Gasteiger partial charge in [-0.05, 0) is 47.7 Å². The summed E-state index contributed by atoms with van der Waals surface area (Å²) in [6.07, 6.45) is 0.890. The quantitative estimate of drug-likeness (QED) is 0.517. The molecule has 0 unspecified atom stereocenters. The summed E-state index contributed by atoms with van der Waals surface area (Å²) in [5.74, 6) is -0.487. The average Bonchev–Trinajstić information content (AvgIpc) is 3.18. The number of hydrogen-bond acceptors (Lipinski definition) is 4. The van der Waals surface area contributed by atoms with Crippen LogP contribution in [-0.4, -0.2) is 32.7 Å². The smallest absolute Gasteiger partial charge is 0.336 e. The van der Waals surface area contributed by atoms with Gasteiger partial charge in [-0.15, -0.1) is 0 Å². The number of aryl methyl sites for hydroxylation is 2. The van der Waals surface area contributed by atoms with E-state index in [4.69, 9.17) is 4.74 Å². The number of aliphatic hydroxyl groups excluding tert-OH is 1. The Morgan fingerprint density at radius 1 is 1.07 bits per heavy atom. The largest absolute Gasteiger partial charge is 0.480 e. The first-order chi connectivity index (χ1) is 14.4. The highest BCUT2D eigenvalue weighted by Crippen LogP contribution is 2.31. The minimum absolute atomic E-state index is 0.243. The summed E-state index contributed by atoms with van der Waals surface area (Å²) < 4.78 is 7.13. The molecule has 0 aliphatic heterocycles. The lowest BCUT2D eigenvalue weighted by atomic mass is 9.96. The number of aliphatic hydroxyl groups is 1. The van der Waals surface area contributed by atoms with Gasteiger partial charge in [0.25, 0.3) is 0 Å². The Kier molecular flexibility index (Phi) is 5.01. The maximum Gasteiger partial charge on any atom is 0.336 e. The minimum Gasteiger partial charge on any atom is -0.480 e. The predicted octanol–water partition coefficient (Wildman–Crippen LogP) is 4.41. The molecule has 2 aromatic carbocycles. The van der Waals surface area contributed by atoms with E-state index in [0.717, 1.165) is 22.3 Å². The molecule has 0 spiro atoms. The molecule has 0 aliphatic carbocycles. The first kappa shape index (κ1) is 19.7. The molecular weight excluding hydrogens is 380 g/mol. The van der Waals surface area contributed by atoms with E-state index >= 15 is 0 Å². The third kappa shape index (κ3) is 3.31. The first-order valence-electron chi connectivity index (χ1n) is 9.54.